The van der Waals surface area contributed by atoms with Gasteiger partial charge in [-0.05, 0) is 30.2 Å². The highest BCUT2D eigenvalue weighted by atomic mass is 32.1. The molecule has 2 aromatic heterocycles. The number of methoxy groups -OCH3 is 1. The summed E-state index contributed by atoms with van der Waals surface area (Å²) in [6.45, 7) is 1.80. The average Bonchev–Trinajstić information content (AvgIpc) is 3.40. The number of carbonyl (C=O) groups is 1. The van der Waals surface area contributed by atoms with Crippen LogP contribution in [0.15, 0.2) is 48.1 Å². The van der Waals surface area contributed by atoms with Gasteiger partial charge in [-0.15, -0.1) is 10.2 Å². The van der Waals surface area contributed by atoms with E-state index in [9.17, 15) is 4.79 Å². The summed E-state index contributed by atoms with van der Waals surface area (Å²) in [5.41, 5.74) is 3.30. The molecule has 138 valence electrons. The van der Waals surface area contributed by atoms with Crippen molar-refractivity contribution in [3.05, 3.63) is 59.2 Å². The van der Waals surface area contributed by atoms with Crippen molar-refractivity contribution in [2.24, 2.45) is 0 Å². The van der Waals surface area contributed by atoms with Crippen molar-refractivity contribution >= 4 is 28.2 Å². The summed E-state index contributed by atoms with van der Waals surface area (Å²) in [5.74, 6) is 1.98. The standard InChI is InChI=1S/C19H19N5O2S/c1-26-16-5-3-2-4-15(16)14-8-9-24(11-14)17-7-6-13(10-20-17)18(25)22-19-23-21-12-27-19/h2-7,10,12,14H,8-9,11H2,1H3,(H,22,23,25). The van der Waals surface area contributed by atoms with E-state index in [1.807, 2.05) is 24.3 Å². The molecule has 3 aromatic rings. The van der Waals surface area contributed by atoms with Crippen LogP contribution in [0, 0.1) is 0 Å². The molecule has 1 aliphatic heterocycles. The SMILES string of the molecule is COc1ccccc1C1CCN(c2ccc(C(=O)Nc3nncs3)cn2)C1. The number of nitrogens with zero attached hydrogens (tertiary/aromatic N) is 4. The molecule has 1 saturated heterocycles. The van der Waals surface area contributed by atoms with Crippen molar-refractivity contribution in [3.63, 3.8) is 0 Å². The lowest BCUT2D eigenvalue weighted by Gasteiger charge is -2.18. The third-order valence-corrected chi connectivity index (χ3v) is 5.29. The minimum absolute atomic E-state index is 0.237. The minimum atomic E-state index is -0.237. The highest BCUT2D eigenvalue weighted by Gasteiger charge is 2.26. The van der Waals surface area contributed by atoms with Crippen LogP contribution >= 0.6 is 11.3 Å². The van der Waals surface area contributed by atoms with Crippen LogP contribution < -0.4 is 15.0 Å². The lowest BCUT2D eigenvalue weighted by Crippen LogP contribution is -2.21. The molecule has 1 unspecified atom stereocenters. The average molecular weight is 381 g/mol. The zero-order valence-electron chi connectivity index (χ0n) is 14.8. The van der Waals surface area contributed by atoms with Gasteiger partial charge in [0.1, 0.15) is 17.1 Å². The Morgan fingerprint density at radius 2 is 2.19 bits per heavy atom. The molecular weight excluding hydrogens is 362 g/mol. The molecule has 8 heteroatoms. The summed E-state index contributed by atoms with van der Waals surface area (Å²) < 4.78 is 5.50. The molecule has 1 aliphatic rings. The largest absolute Gasteiger partial charge is 0.496 e. The summed E-state index contributed by atoms with van der Waals surface area (Å²) in [6.07, 6.45) is 2.64. The van der Waals surface area contributed by atoms with E-state index in [0.717, 1.165) is 31.1 Å². The second-order valence-electron chi connectivity index (χ2n) is 6.28. The zero-order chi connectivity index (χ0) is 18.6. The van der Waals surface area contributed by atoms with Crippen molar-refractivity contribution in [1.82, 2.24) is 15.2 Å². The fourth-order valence-electron chi connectivity index (χ4n) is 3.33. The fraction of sp³-hybridized carbons (Fsp3) is 0.263. The molecule has 1 N–H and O–H groups in total. The Bertz CT molecular complexity index is 914. The first-order chi connectivity index (χ1) is 13.2. The maximum Gasteiger partial charge on any atom is 0.259 e. The third-order valence-electron chi connectivity index (χ3n) is 4.68. The van der Waals surface area contributed by atoms with E-state index in [4.69, 9.17) is 4.74 Å². The molecule has 3 heterocycles. The lowest BCUT2D eigenvalue weighted by molar-refractivity contribution is 0.102. The van der Waals surface area contributed by atoms with Gasteiger partial charge >= 0.3 is 0 Å². The number of hydrogen-bond donors (Lipinski definition) is 1. The number of ether oxygens (including phenoxy) is 1. The number of amides is 1. The summed E-state index contributed by atoms with van der Waals surface area (Å²) >= 11 is 1.28. The van der Waals surface area contributed by atoms with Crippen molar-refractivity contribution < 1.29 is 9.53 Å². The molecule has 0 saturated carbocycles. The van der Waals surface area contributed by atoms with E-state index in [-0.39, 0.29) is 5.91 Å². The molecule has 1 aromatic carbocycles. The predicted molar refractivity (Wildman–Crippen MR) is 105 cm³/mol. The Balaban J connectivity index is 1.43. The smallest absolute Gasteiger partial charge is 0.259 e. The van der Waals surface area contributed by atoms with Crippen molar-refractivity contribution in [2.45, 2.75) is 12.3 Å². The second-order valence-corrected chi connectivity index (χ2v) is 7.11. The number of aromatic nitrogens is 3. The molecule has 0 radical (unpaired) electrons. The molecule has 0 bridgehead atoms. The quantitative estimate of drug-likeness (QED) is 0.731. The monoisotopic (exact) mass is 381 g/mol. The van der Waals surface area contributed by atoms with Gasteiger partial charge in [0.25, 0.3) is 5.91 Å². The number of rotatable bonds is 5. The molecule has 1 amide bonds. The van der Waals surface area contributed by atoms with Gasteiger partial charge in [0.2, 0.25) is 5.13 Å². The minimum Gasteiger partial charge on any atom is -0.496 e. The maximum atomic E-state index is 12.2. The van der Waals surface area contributed by atoms with Gasteiger partial charge in [-0.3, -0.25) is 10.1 Å². The van der Waals surface area contributed by atoms with Gasteiger partial charge in [-0.2, -0.15) is 0 Å². The van der Waals surface area contributed by atoms with Crippen LogP contribution in [0.25, 0.3) is 0 Å². The number of hydrogen-bond acceptors (Lipinski definition) is 7. The highest BCUT2D eigenvalue weighted by molar-refractivity contribution is 7.13. The van der Waals surface area contributed by atoms with Crippen LogP contribution in [0.2, 0.25) is 0 Å². The first-order valence-electron chi connectivity index (χ1n) is 8.66. The summed E-state index contributed by atoms with van der Waals surface area (Å²) in [6, 6.07) is 11.8. The van der Waals surface area contributed by atoms with Crippen LogP contribution in [0.3, 0.4) is 0 Å². The van der Waals surface area contributed by atoms with Crippen LogP contribution in [0.4, 0.5) is 10.9 Å². The van der Waals surface area contributed by atoms with Crippen molar-refractivity contribution in [3.8, 4) is 5.75 Å². The molecule has 27 heavy (non-hydrogen) atoms. The van der Waals surface area contributed by atoms with E-state index >= 15 is 0 Å². The number of nitrogens with one attached hydrogen (secondary N) is 1. The summed E-state index contributed by atoms with van der Waals surface area (Å²) in [4.78, 5) is 18.9. The third kappa shape index (κ3) is 3.75. The Hall–Kier alpha value is -3.00. The predicted octanol–water partition coefficient (Wildman–Crippen LogP) is 3.19. The van der Waals surface area contributed by atoms with E-state index in [1.54, 1.807) is 24.9 Å². The van der Waals surface area contributed by atoms with Gasteiger partial charge in [0.05, 0.1) is 12.7 Å². The lowest BCUT2D eigenvalue weighted by atomic mass is 9.97. The van der Waals surface area contributed by atoms with Gasteiger partial charge in [-0.1, -0.05) is 29.5 Å². The van der Waals surface area contributed by atoms with Crippen molar-refractivity contribution in [1.29, 1.82) is 0 Å². The first-order valence-corrected chi connectivity index (χ1v) is 9.54. The zero-order valence-corrected chi connectivity index (χ0v) is 15.6. The van der Waals surface area contributed by atoms with E-state index in [2.05, 4.69) is 31.5 Å². The number of pyridine rings is 1. The molecule has 0 spiro atoms. The molecule has 0 aliphatic carbocycles. The molecular formula is C19H19N5O2S. The second kappa shape index (κ2) is 7.71. The Labute approximate surface area is 161 Å². The Kier molecular flexibility index (Phi) is 4.97. The number of anilines is 2. The summed E-state index contributed by atoms with van der Waals surface area (Å²) in [7, 11) is 1.71. The van der Waals surface area contributed by atoms with Gasteiger partial charge in [-0.25, -0.2) is 4.98 Å². The van der Waals surface area contributed by atoms with E-state index in [1.165, 1.54) is 16.9 Å². The number of para-hydroxylation sites is 1. The number of benzene rings is 1. The molecule has 4 rings (SSSR count). The van der Waals surface area contributed by atoms with Gasteiger partial charge in [0.15, 0.2) is 0 Å². The summed E-state index contributed by atoms with van der Waals surface area (Å²) in [5, 5.41) is 10.7. The van der Waals surface area contributed by atoms with Crippen LogP contribution in [-0.2, 0) is 0 Å². The van der Waals surface area contributed by atoms with Crippen LogP contribution in [-0.4, -0.2) is 41.3 Å². The van der Waals surface area contributed by atoms with Crippen LogP contribution in [0.1, 0.15) is 28.3 Å². The molecule has 1 atom stereocenters. The number of carbonyl (C=O) groups excluding carboxylic acids is 1. The molecule has 1 fully saturated rings. The van der Waals surface area contributed by atoms with Crippen molar-refractivity contribution in [2.75, 3.05) is 30.4 Å². The maximum absolute atomic E-state index is 12.2. The Morgan fingerprint density at radius 3 is 2.93 bits per heavy atom. The molecule has 7 nitrogen and oxygen atoms in total. The first kappa shape index (κ1) is 17.4. The van der Waals surface area contributed by atoms with E-state index in [0.29, 0.717) is 16.6 Å². The van der Waals surface area contributed by atoms with Crippen LogP contribution in [0.5, 0.6) is 5.75 Å². The highest BCUT2D eigenvalue weighted by Crippen LogP contribution is 2.34. The fourth-order valence-corrected chi connectivity index (χ4v) is 3.77. The topological polar surface area (TPSA) is 80.2 Å². The Morgan fingerprint density at radius 1 is 1.30 bits per heavy atom. The van der Waals surface area contributed by atoms with Gasteiger partial charge in [0, 0.05) is 25.2 Å². The normalized spacial score (nSPS) is 16.3. The van der Waals surface area contributed by atoms with Gasteiger partial charge < -0.3 is 9.64 Å². The van der Waals surface area contributed by atoms with E-state index < -0.39 is 0 Å².